The molecule has 1 saturated heterocycles. The van der Waals surface area contributed by atoms with Crippen LogP contribution in [0.15, 0.2) is 18.6 Å². The highest BCUT2D eigenvalue weighted by atomic mass is 16.5. The van der Waals surface area contributed by atoms with Crippen LogP contribution in [-0.2, 0) is 0 Å². The fourth-order valence-corrected chi connectivity index (χ4v) is 1.50. The third-order valence-corrected chi connectivity index (χ3v) is 2.15. The van der Waals surface area contributed by atoms with Crippen LogP contribution in [0.1, 0.15) is 13.3 Å². The Morgan fingerprint density at radius 1 is 1.62 bits per heavy atom. The highest BCUT2D eigenvalue weighted by molar-refractivity contribution is 5.05. The summed E-state index contributed by atoms with van der Waals surface area (Å²) >= 11 is 0. The average molecular weight is 179 g/mol. The monoisotopic (exact) mass is 179 g/mol. The van der Waals surface area contributed by atoms with Crippen molar-refractivity contribution in [1.82, 2.24) is 15.3 Å². The predicted molar refractivity (Wildman–Crippen MR) is 48.5 cm³/mol. The smallest absolute Gasteiger partial charge is 0.216 e. The molecule has 4 heteroatoms. The van der Waals surface area contributed by atoms with Crippen molar-refractivity contribution in [3.8, 4) is 5.88 Å². The number of hydrogen-bond acceptors (Lipinski definition) is 4. The Bertz CT molecular complexity index is 265. The van der Waals surface area contributed by atoms with Crippen molar-refractivity contribution in [2.24, 2.45) is 0 Å². The van der Waals surface area contributed by atoms with Crippen LogP contribution in [0, 0.1) is 0 Å². The lowest BCUT2D eigenvalue weighted by Gasteiger charge is -2.10. The molecule has 0 spiro atoms. The molecule has 1 fully saturated rings. The van der Waals surface area contributed by atoms with Crippen molar-refractivity contribution in [3.05, 3.63) is 18.6 Å². The van der Waals surface area contributed by atoms with Gasteiger partial charge in [-0.2, -0.15) is 0 Å². The zero-order chi connectivity index (χ0) is 9.10. The van der Waals surface area contributed by atoms with Crippen LogP contribution < -0.4 is 10.1 Å². The van der Waals surface area contributed by atoms with E-state index in [0.29, 0.717) is 11.9 Å². The fraction of sp³-hybridized carbons (Fsp3) is 0.556. The molecular weight excluding hydrogens is 166 g/mol. The van der Waals surface area contributed by atoms with Gasteiger partial charge in [0.25, 0.3) is 0 Å². The minimum atomic E-state index is 0.255. The van der Waals surface area contributed by atoms with E-state index < -0.39 is 0 Å². The first-order valence-corrected chi connectivity index (χ1v) is 4.50. The zero-order valence-electron chi connectivity index (χ0n) is 7.60. The first kappa shape index (κ1) is 8.44. The molecule has 2 rings (SSSR count). The quantitative estimate of drug-likeness (QED) is 0.722. The molecule has 70 valence electrons. The summed E-state index contributed by atoms with van der Waals surface area (Å²) in [6.07, 6.45) is 4.49. The summed E-state index contributed by atoms with van der Waals surface area (Å²) in [4.78, 5) is 7.83. The van der Waals surface area contributed by atoms with E-state index in [9.17, 15) is 0 Å². The number of hydrogen-bond donors (Lipinski definition) is 1. The van der Waals surface area contributed by atoms with Gasteiger partial charge in [-0.1, -0.05) is 0 Å². The molecule has 0 aromatic carbocycles. The van der Waals surface area contributed by atoms with Crippen molar-refractivity contribution < 1.29 is 4.74 Å². The number of nitrogens with one attached hydrogen (secondary N) is 1. The third kappa shape index (κ3) is 2.15. The van der Waals surface area contributed by atoms with E-state index >= 15 is 0 Å². The van der Waals surface area contributed by atoms with Crippen LogP contribution in [0.2, 0.25) is 0 Å². The predicted octanol–water partition coefficient (Wildman–Crippen LogP) is 0.606. The van der Waals surface area contributed by atoms with Crippen molar-refractivity contribution in [2.75, 3.05) is 6.54 Å². The van der Waals surface area contributed by atoms with E-state index in [4.69, 9.17) is 4.74 Å². The van der Waals surface area contributed by atoms with Crippen LogP contribution in [0.5, 0.6) is 5.88 Å². The van der Waals surface area contributed by atoms with Crippen LogP contribution >= 0.6 is 0 Å². The van der Waals surface area contributed by atoms with E-state index in [0.717, 1.165) is 13.0 Å². The molecule has 2 atom stereocenters. The van der Waals surface area contributed by atoms with Gasteiger partial charge in [-0.3, -0.25) is 0 Å². The Labute approximate surface area is 77.4 Å². The Morgan fingerprint density at radius 3 is 3.15 bits per heavy atom. The highest BCUT2D eigenvalue weighted by Gasteiger charge is 2.22. The molecule has 1 aromatic heterocycles. The lowest BCUT2D eigenvalue weighted by atomic mass is 10.2. The largest absolute Gasteiger partial charge is 0.473 e. The maximum absolute atomic E-state index is 5.63. The molecule has 1 aliphatic rings. The van der Waals surface area contributed by atoms with Gasteiger partial charge in [0.15, 0.2) is 0 Å². The maximum Gasteiger partial charge on any atom is 0.216 e. The summed E-state index contributed by atoms with van der Waals surface area (Å²) in [5.41, 5.74) is 0. The molecule has 13 heavy (non-hydrogen) atoms. The third-order valence-electron chi connectivity index (χ3n) is 2.15. The molecule has 0 aliphatic carbocycles. The molecule has 1 aliphatic heterocycles. The summed E-state index contributed by atoms with van der Waals surface area (Å²) in [6, 6.07) is 2.33. The van der Waals surface area contributed by atoms with E-state index in [1.807, 2.05) is 0 Å². The maximum atomic E-state index is 5.63. The molecule has 0 radical (unpaired) electrons. The summed E-state index contributed by atoms with van der Waals surface area (Å²) in [5, 5.41) is 3.32. The summed E-state index contributed by atoms with van der Waals surface area (Å²) in [7, 11) is 0. The summed E-state index contributed by atoms with van der Waals surface area (Å²) < 4.78 is 5.63. The van der Waals surface area contributed by atoms with Gasteiger partial charge >= 0.3 is 0 Å². The second-order valence-corrected chi connectivity index (χ2v) is 3.33. The number of ether oxygens (including phenoxy) is 1. The van der Waals surface area contributed by atoms with Crippen LogP contribution in [-0.4, -0.2) is 28.7 Å². The minimum absolute atomic E-state index is 0.255. The summed E-state index contributed by atoms with van der Waals surface area (Å²) in [5.74, 6) is 0.663. The molecule has 2 unspecified atom stereocenters. The van der Waals surface area contributed by atoms with Gasteiger partial charge in [-0.25, -0.2) is 9.97 Å². The minimum Gasteiger partial charge on any atom is -0.473 e. The second kappa shape index (κ2) is 3.70. The van der Waals surface area contributed by atoms with Crippen LogP contribution in [0.25, 0.3) is 0 Å². The van der Waals surface area contributed by atoms with E-state index in [2.05, 4.69) is 22.2 Å². The van der Waals surface area contributed by atoms with Crippen LogP contribution in [0.4, 0.5) is 0 Å². The normalized spacial score (nSPS) is 27.5. The second-order valence-electron chi connectivity index (χ2n) is 3.33. The molecule has 2 heterocycles. The topological polar surface area (TPSA) is 47.0 Å². The van der Waals surface area contributed by atoms with Gasteiger partial charge in [-0.15, -0.1) is 0 Å². The Balaban J connectivity index is 1.92. The Kier molecular flexibility index (Phi) is 2.40. The van der Waals surface area contributed by atoms with Gasteiger partial charge in [-0.05, 0) is 6.92 Å². The molecule has 0 saturated carbocycles. The fourth-order valence-electron chi connectivity index (χ4n) is 1.50. The number of rotatable bonds is 2. The number of aromatic nitrogens is 2. The average Bonchev–Trinajstić information content (AvgIpc) is 2.53. The van der Waals surface area contributed by atoms with Crippen molar-refractivity contribution in [3.63, 3.8) is 0 Å². The van der Waals surface area contributed by atoms with Gasteiger partial charge in [0, 0.05) is 31.3 Å². The van der Waals surface area contributed by atoms with Crippen molar-refractivity contribution in [2.45, 2.75) is 25.5 Å². The molecule has 0 amide bonds. The zero-order valence-corrected chi connectivity index (χ0v) is 7.60. The van der Waals surface area contributed by atoms with Crippen LogP contribution in [0.3, 0.4) is 0 Å². The van der Waals surface area contributed by atoms with Gasteiger partial charge in [0.05, 0.1) is 0 Å². The SMILES string of the molecule is CC1CC(Oc2ccncn2)CN1. The van der Waals surface area contributed by atoms with E-state index in [-0.39, 0.29) is 6.10 Å². The standard InChI is InChI=1S/C9H13N3O/c1-7-4-8(5-11-7)13-9-2-3-10-6-12-9/h2-3,6-8,11H,4-5H2,1H3. The first-order valence-electron chi connectivity index (χ1n) is 4.50. The Hall–Kier alpha value is -1.16. The van der Waals surface area contributed by atoms with E-state index in [1.54, 1.807) is 12.3 Å². The molecule has 4 nitrogen and oxygen atoms in total. The highest BCUT2D eigenvalue weighted by Crippen LogP contribution is 2.13. The molecule has 1 N–H and O–H groups in total. The number of nitrogens with zero attached hydrogens (tertiary/aromatic N) is 2. The van der Waals surface area contributed by atoms with Gasteiger partial charge < -0.3 is 10.1 Å². The lowest BCUT2D eigenvalue weighted by molar-refractivity contribution is 0.211. The first-order chi connectivity index (χ1) is 6.34. The molecular formula is C9H13N3O. The Morgan fingerprint density at radius 2 is 2.54 bits per heavy atom. The van der Waals surface area contributed by atoms with Crippen molar-refractivity contribution >= 4 is 0 Å². The van der Waals surface area contributed by atoms with E-state index in [1.165, 1.54) is 6.33 Å². The van der Waals surface area contributed by atoms with Gasteiger partial charge in [0.2, 0.25) is 5.88 Å². The molecule has 1 aromatic rings. The van der Waals surface area contributed by atoms with Gasteiger partial charge in [0.1, 0.15) is 12.4 Å². The van der Waals surface area contributed by atoms with Crippen molar-refractivity contribution in [1.29, 1.82) is 0 Å². The summed E-state index contributed by atoms with van der Waals surface area (Å²) in [6.45, 7) is 3.06. The molecule has 0 bridgehead atoms. The lowest BCUT2D eigenvalue weighted by Crippen LogP contribution is -2.20.